The van der Waals surface area contributed by atoms with Crippen LogP contribution in [0.25, 0.3) is 21.5 Å². The molecular weight excluding hydrogens is 620 g/mol. The van der Waals surface area contributed by atoms with Gasteiger partial charge >= 0.3 is 0 Å². The van der Waals surface area contributed by atoms with E-state index < -0.39 is 8.77 Å². The molecule has 0 saturated carbocycles. The zero-order valence-electron chi connectivity index (χ0n) is 15.1. The Morgan fingerprint density at radius 3 is 1.59 bits per heavy atom. The molecule has 32 heavy (non-hydrogen) atoms. The molecule has 1 atom stereocenters. The fourth-order valence-electron chi connectivity index (χ4n) is 3.24. The van der Waals surface area contributed by atoms with E-state index in [2.05, 4.69) is 0 Å². The van der Waals surface area contributed by atoms with Crippen molar-refractivity contribution in [1.82, 2.24) is 0 Å². The Kier molecular flexibility index (Phi) is 7.16. The molecule has 0 aliphatic carbocycles. The summed E-state index contributed by atoms with van der Waals surface area (Å²) in [5.74, 6) is -0.0252. The van der Waals surface area contributed by atoms with Gasteiger partial charge in [-0.25, -0.2) is 4.21 Å². The quantitative estimate of drug-likeness (QED) is 0.227. The van der Waals surface area contributed by atoms with E-state index in [1.807, 2.05) is 0 Å². The Hall–Kier alpha value is -0.110. The fraction of sp³-hybridized carbons (Fsp3) is 0. The van der Waals surface area contributed by atoms with Crippen LogP contribution in [0.4, 0.5) is 0 Å². The third-order valence-corrected chi connectivity index (χ3v) is 8.81. The highest BCUT2D eigenvalue weighted by atomic mass is 35.5. The van der Waals surface area contributed by atoms with E-state index in [4.69, 9.17) is 108 Å². The topological polar surface area (TPSA) is 26.3 Å². The summed E-state index contributed by atoms with van der Waals surface area (Å²) in [6.07, 6.45) is 0. The second kappa shape index (κ2) is 9.16. The van der Waals surface area contributed by atoms with Gasteiger partial charge in [-0.15, -0.1) is 0 Å². The van der Waals surface area contributed by atoms with E-state index in [-0.39, 0.29) is 56.2 Å². The lowest BCUT2D eigenvalue weighted by Crippen LogP contribution is -2.11. The Morgan fingerprint density at radius 2 is 1.03 bits per heavy atom. The van der Waals surface area contributed by atoms with Gasteiger partial charge in [-0.05, 0) is 36.4 Å². The molecule has 0 heterocycles. The van der Waals surface area contributed by atoms with Crippen LogP contribution in [0.15, 0.2) is 41.3 Å². The molecule has 4 rings (SSSR count). The van der Waals surface area contributed by atoms with Crippen molar-refractivity contribution in [3.63, 3.8) is 0 Å². The minimum Gasteiger partial charge on any atom is -0.395 e. The van der Waals surface area contributed by atoms with Crippen molar-refractivity contribution in [2.45, 2.75) is 4.90 Å². The summed E-state index contributed by atoms with van der Waals surface area (Å²) in [6, 6.07) is 8.81. The van der Waals surface area contributed by atoms with E-state index in [9.17, 15) is 4.21 Å². The summed E-state index contributed by atoms with van der Waals surface area (Å²) >= 11 is 55.7. The molecule has 4 aromatic carbocycles. The Labute approximate surface area is 228 Å². The fourth-order valence-corrected chi connectivity index (χ4v) is 8.16. The van der Waals surface area contributed by atoms with Crippen molar-refractivity contribution < 1.29 is 8.39 Å². The maximum Gasteiger partial charge on any atom is 0.217 e. The van der Waals surface area contributed by atoms with Gasteiger partial charge in [-0.1, -0.05) is 92.8 Å². The number of hydrogen-bond acceptors (Lipinski definition) is 3. The van der Waals surface area contributed by atoms with Crippen LogP contribution in [-0.2, 0) is 20.0 Å². The Bertz CT molecular complexity index is 1540. The number of hydrogen-bond donors (Lipinski definition) is 0. The highest BCUT2D eigenvalue weighted by Crippen LogP contribution is 2.46. The third kappa shape index (κ3) is 4.45. The summed E-state index contributed by atoms with van der Waals surface area (Å²) in [4.78, 5) is -0.0229. The SMILES string of the molecule is O=S(=S)(Oc1c(Cl)cc(Cl)c2c(Cl)cc(Cl)cc12)c1c(Cl)cc(Cl)c2c(Cl)cc(Cl)cc12. The van der Waals surface area contributed by atoms with Gasteiger partial charge in [-0.2, -0.15) is 0 Å². The summed E-state index contributed by atoms with van der Waals surface area (Å²) in [5.41, 5.74) is 0. The van der Waals surface area contributed by atoms with E-state index in [1.165, 1.54) is 36.4 Å². The molecule has 12 heteroatoms. The Morgan fingerprint density at radius 1 is 0.594 bits per heavy atom. The van der Waals surface area contributed by atoms with Gasteiger partial charge in [0.1, 0.15) is 4.90 Å². The molecule has 0 N–H and O–H groups in total. The first-order valence-electron chi connectivity index (χ1n) is 8.38. The van der Waals surface area contributed by atoms with Crippen LogP contribution in [0.2, 0.25) is 40.2 Å². The lowest BCUT2D eigenvalue weighted by Gasteiger charge is -2.18. The second-order valence-corrected chi connectivity index (χ2v) is 12.6. The number of halogens is 8. The normalized spacial score (nSPS) is 13.5. The average molecular weight is 626 g/mol. The zero-order valence-corrected chi connectivity index (χ0v) is 22.8. The first-order valence-corrected chi connectivity index (χ1v) is 13.8. The van der Waals surface area contributed by atoms with Crippen LogP contribution >= 0.6 is 92.8 Å². The summed E-state index contributed by atoms with van der Waals surface area (Å²) < 4.78 is 19.6. The van der Waals surface area contributed by atoms with Crippen LogP contribution in [0.5, 0.6) is 5.75 Å². The van der Waals surface area contributed by atoms with E-state index >= 15 is 0 Å². The van der Waals surface area contributed by atoms with Crippen molar-refractivity contribution in [3.05, 3.63) is 76.6 Å². The predicted molar refractivity (Wildman–Crippen MR) is 142 cm³/mol. The molecule has 2 nitrogen and oxygen atoms in total. The van der Waals surface area contributed by atoms with Gasteiger partial charge in [0.05, 0.1) is 30.1 Å². The molecule has 0 bridgehead atoms. The molecule has 166 valence electrons. The second-order valence-electron chi connectivity index (χ2n) is 6.50. The third-order valence-electron chi connectivity index (χ3n) is 4.46. The molecule has 0 spiro atoms. The van der Waals surface area contributed by atoms with Crippen molar-refractivity contribution in [2.24, 2.45) is 0 Å². The van der Waals surface area contributed by atoms with Gasteiger partial charge in [0, 0.05) is 42.8 Å². The lowest BCUT2D eigenvalue weighted by molar-refractivity contribution is 0.565. The standard InChI is InChI=1S/C20H6Cl8O2S2/c21-7-1-9-17(11(23)3-7)13(25)5-15(27)19(9)30-32(29,31)20-10-2-8(22)4-12(24)18(10)14(26)6-16(20)28/h1-6H. The minimum atomic E-state index is -3.76. The maximum atomic E-state index is 13.8. The van der Waals surface area contributed by atoms with Crippen molar-refractivity contribution >= 4 is 134 Å². The lowest BCUT2D eigenvalue weighted by atomic mass is 10.1. The van der Waals surface area contributed by atoms with Crippen LogP contribution in [0, 0.1) is 0 Å². The van der Waals surface area contributed by atoms with Crippen LogP contribution in [-0.4, -0.2) is 4.21 Å². The number of fused-ring (bicyclic) bond motifs is 2. The minimum absolute atomic E-state index is 0.00582. The monoisotopic (exact) mass is 622 g/mol. The summed E-state index contributed by atoms with van der Waals surface area (Å²) in [6.45, 7) is 0. The van der Waals surface area contributed by atoms with Crippen LogP contribution in [0.1, 0.15) is 0 Å². The van der Waals surface area contributed by atoms with Crippen molar-refractivity contribution in [1.29, 1.82) is 0 Å². The van der Waals surface area contributed by atoms with Crippen molar-refractivity contribution in [3.8, 4) is 5.75 Å². The van der Waals surface area contributed by atoms with Gasteiger partial charge < -0.3 is 4.18 Å². The van der Waals surface area contributed by atoms with E-state index in [0.29, 0.717) is 16.2 Å². The first kappa shape index (κ1) is 25.0. The molecule has 0 radical (unpaired) electrons. The summed E-state index contributed by atoms with van der Waals surface area (Å²) in [7, 11) is -3.76. The van der Waals surface area contributed by atoms with Crippen molar-refractivity contribution in [2.75, 3.05) is 0 Å². The molecule has 0 amide bonds. The molecule has 1 unspecified atom stereocenters. The van der Waals surface area contributed by atoms with Gasteiger partial charge in [0.15, 0.2) is 5.75 Å². The smallest absolute Gasteiger partial charge is 0.217 e. The van der Waals surface area contributed by atoms with Crippen LogP contribution in [0.3, 0.4) is 0 Å². The van der Waals surface area contributed by atoms with Gasteiger partial charge in [0.2, 0.25) is 8.77 Å². The molecule has 0 aromatic heterocycles. The first-order chi connectivity index (χ1) is 14.9. The molecule has 0 fully saturated rings. The van der Waals surface area contributed by atoms with Gasteiger partial charge in [-0.3, -0.25) is 0 Å². The van der Waals surface area contributed by atoms with Crippen LogP contribution < -0.4 is 4.18 Å². The number of rotatable bonds is 3. The largest absolute Gasteiger partial charge is 0.395 e. The molecular formula is C20H6Cl8O2S2. The molecule has 0 aliphatic rings. The van der Waals surface area contributed by atoms with Gasteiger partial charge in [0.25, 0.3) is 0 Å². The maximum absolute atomic E-state index is 13.8. The average Bonchev–Trinajstić information content (AvgIpc) is 2.63. The summed E-state index contributed by atoms with van der Waals surface area (Å²) in [5, 5.41) is 2.95. The highest BCUT2D eigenvalue weighted by Gasteiger charge is 2.26. The molecule has 0 aliphatic heterocycles. The number of benzene rings is 4. The highest BCUT2D eigenvalue weighted by molar-refractivity contribution is 8.30. The van der Waals surface area contributed by atoms with E-state index in [0.717, 1.165) is 0 Å². The van der Waals surface area contributed by atoms with E-state index in [1.54, 1.807) is 0 Å². The molecule has 0 saturated heterocycles. The molecule has 4 aromatic rings. The predicted octanol–water partition coefficient (Wildman–Crippen LogP) is 10.3. The Balaban J connectivity index is 2.02. The zero-order chi connectivity index (χ0) is 23.5.